The van der Waals surface area contributed by atoms with Gasteiger partial charge in [-0.05, 0) is 24.8 Å². The number of amides is 2. The zero-order chi connectivity index (χ0) is 18.5. The Bertz CT molecular complexity index is 753. The maximum Gasteiger partial charge on any atom is 0.317 e. The van der Waals surface area contributed by atoms with Gasteiger partial charge in [-0.15, -0.1) is 0 Å². The van der Waals surface area contributed by atoms with Crippen LogP contribution in [-0.2, 0) is 17.7 Å². The van der Waals surface area contributed by atoms with Gasteiger partial charge in [0.25, 0.3) is 0 Å². The maximum atomic E-state index is 12.5. The lowest BCUT2D eigenvalue weighted by Crippen LogP contribution is -2.42. The molecule has 0 aliphatic carbocycles. The first kappa shape index (κ1) is 18.0. The standard InChI is InChI=1S/C21H28N4O2/c26-20(25-12-9-21(16-25)8-4-14-27-17-21)23-10-7-19-22-11-13-24(19)15-18-5-2-1-3-6-18/h1-3,5-6,11,13H,4,7-10,12,14-17H2,(H,23,26). The van der Waals surface area contributed by atoms with Crippen molar-refractivity contribution in [3.8, 4) is 0 Å². The van der Waals surface area contributed by atoms with Crippen molar-refractivity contribution >= 4 is 6.03 Å². The van der Waals surface area contributed by atoms with E-state index in [4.69, 9.17) is 4.74 Å². The van der Waals surface area contributed by atoms with E-state index in [0.717, 1.165) is 57.9 Å². The third kappa shape index (κ3) is 4.33. The number of likely N-dealkylation sites (tertiary alicyclic amines) is 1. The second-order valence-electron chi connectivity index (χ2n) is 7.77. The number of carbonyl (C=O) groups is 1. The van der Waals surface area contributed by atoms with Crippen molar-refractivity contribution in [2.45, 2.75) is 32.2 Å². The number of rotatable bonds is 5. The third-order valence-corrected chi connectivity index (χ3v) is 5.75. The lowest BCUT2D eigenvalue weighted by molar-refractivity contribution is -0.000429. The second kappa shape index (κ2) is 8.13. The van der Waals surface area contributed by atoms with Gasteiger partial charge in [-0.3, -0.25) is 0 Å². The molecule has 2 aliphatic rings. The Morgan fingerprint density at radius 2 is 2.15 bits per heavy atom. The number of ether oxygens (including phenoxy) is 1. The molecular formula is C21H28N4O2. The minimum atomic E-state index is 0.0404. The molecule has 3 heterocycles. The highest BCUT2D eigenvalue weighted by Crippen LogP contribution is 2.37. The van der Waals surface area contributed by atoms with Gasteiger partial charge in [0.05, 0.1) is 6.61 Å². The van der Waals surface area contributed by atoms with Crippen LogP contribution in [0.25, 0.3) is 0 Å². The number of hydrogen-bond donors (Lipinski definition) is 1. The molecule has 2 amide bonds. The number of nitrogens with zero attached hydrogens (tertiary/aromatic N) is 3. The summed E-state index contributed by atoms with van der Waals surface area (Å²) in [6.07, 6.45) is 7.90. The fraction of sp³-hybridized carbons (Fsp3) is 0.524. The summed E-state index contributed by atoms with van der Waals surface area (Å²) in [6, 6.07) is 10.4. The Morgan fingerprint density at radius 3 is 2.96 bits per heavy atom. The van der Waals surface area contributed by atoms with Crippen LogP contribution in [-0.4, -0.2) is 53.3 Å². The van der Waals surface area contributed by atoms with Crippen LogP contribution >= 0.6 is 0 Å². The highest BCUT2D eigenvalue weighted by molar-refractivity contribution is 5.74. The van der Waals surface area contributed by atoms with E-state index in [1.165, 1.54) is 12.0 Å². The number of aromatic nitrogens is 2. The number of urea groups is 1. The first-order chi connectivity index (χ1) is 13.2. The molecule has 0 saturated carbocycles. The molecule has 0 bridgehead atoms. The second-order valence-corrected chi connectivity index (χ2v) is 7.77. The van der Waals surface area contributed by atoms with Gasteiger partial charge in [0.1, 0.15) is 5.82 Å². The van der Waals surface area contributed by atoms with Crippen molar-refractivity contribution in [2.75, 3.05) is 32.8 Å². The Balaban J connectivity index is 1.26. The van der Waals surface area contributed by atoms with Gasteiger partial charge in [-0.25, -0.2) is 9.78 Å². The summed E-state index contributed by atoms with van der Waals surface area (Å²) < 4.78 is 7.80. The van der Waals surface area contributed by atoms with Crippen molar-refractivity contribution in [3.63, 3.8) is 0 Å². The molecule has 1 spiro atoms. The molecule has 1 aromatic carbocycles. The van der Waals surface area contributed by atoms with Crippen molar-refractivity contribution < 1.29 is 9.53 Å². The lowest BCUT2D eigenvalue weighted by Gasteiger charge is -2.32. The first-order valence-electron chi connectivity index (χ1n) is 9.89. The normalized spacial score (nSPS) is 22.3. The molecule has 2 aliphatic heterocycles. The van der Waals surface area contributed by atoms with E-state index in [2.05, 4.69) is 27.0 Å². The van der Waals surface area contributed by atoms with Gasteiger partial charge in [0.2, 0.25) is 0 Å². The van der Waals surface area contributed by atoms with Gasteiger partial charge in [-0.2, -0.15) is 0 Å². The fourth-order valence-corrected chi connectivity index (χ4v) is 4.23. The van der Waals surface area contributed by atoms with Gasteiger partial charge in [0, 0.05) is 57.0 Å². The summed E-state index contributed by atoms with van der Waals surface area (Å²) in [7, 11) is 0. The highest BCUT2D eigenvalue weighted by atomic mass is 16.5. The summed E-state index contributed by atoms with van der Waals surface area (Å²) in [5.74, 6) is 0.998. The van der Waals surface area contributed by atoms with Crippen molar-refractivity contribution in [1.82, 2.24) is 19.8 Å². The molecule has 0 radical (unpaired) electrons. The van der Waals surface area contributed by atoms with Crippen molar-refractivity contribution in [1.29, 1.82) is 0 Å². The Hall–Kier alpha value is -2.34. The van der Waals surface area contributed by atoms with Gasteiger partial charge in [0.15, 0.2) is 0 Å². The Labute approximate surface area is 160 Å². The maximum absolute atomic E-state index is 12.5. The van der Waals surface area contributed by atoms with Gasteiger partial charge >= 0.3 is 6.03 Å². The predicted molar refractivity (Wildman–Crippen MR) is 104 cm³/mol. The number of carbonyl (C=O) groups excluding carboxylic acids is 1. The van der Waals surface area contributed by atoms with Gasteiger partial charge in [-0.1, -0.05) is 30.3 Å². The molecule has 6 heteroatoms. The number of imidazole rings is 1. The number of hydrogen-bond acceptors (Lipinski definition) is 3. The molecule has 144 valence electrons. The summed E-state index contributed by atoms with van der Waals surface area (Å²) in [5, 5.41) is 3.07. The predicted octanol–water partition coefficient (Wildman–Crippen LogP) is 2.69. The third-order valence-electron chi connectivity index (χ3n) is 5.75. The van der Waals surface area contributed by atoms with Crippen LogP contribution in [0.15, 0.2) is 42.7 Å². The molecule has 1 unspecified atom stereocenters. The average molecular weight is 368 g/mol. The number of benzene rings is 1. The van der Waals surface area contributed by atoms with Crippen LogP contribution in [0.5, 0.6) is 0 Å². The molecule has 2 aromatic rings. The first-order valence-corrected chi connectivity index (χ1v) is 9.89. The molecule has 6 nitrogen and oxygen atoms in total. The molecule has 1 aromatic heterocycles. The van der Waals surface area contributed by atoms with Crippen molar-refractivity contribution in [3.05, 3.63) is 54.1 Å². The fourth-order valence-electron chi connectivity index (χ4n) is 4.23. The van der Waals surface area contributed by atoms with Crippen LogP contribution in [0.3, 0.4) is 0 Å². The van der Waals surface area contributed by atoms with E-state index in [1.54, 1.807) is 0 Å². The Morgan fingerprint density at radius 1 is 1.26 bits per heavy atom. The number of nitrogens with one attached hydrogen (secondary N) is 1. The van der Waals surface area contributed by atoms with Crippen LogP contribution in [0, 0.1) is 5.41 Å². The molecule has 2 saturated heterocycles. The highest BCUT2D eigenvalue weighted by Gasteiger charge is 2.41. The summed E-state index contributed by atoms with van der Waals surface area (Å²) >= 11 is 0. The quantitative estimate of drug-likeness (QED) is 0.883. The van der Waals surface area contributed by atoms with E-state index in [0.29, 0.717) is 6.54 Å². The molecule has 4 rings (SSSR count). The topological polar surface area (TPSA) is 59.4 Å². The van der Waals surface area contributed by atoms with E-state index in [1.807, 2.05) is 35.5 Å². The minimum Gasteiger partial charge on any atom is -0.381 e. The monoisotopic (exact) mass is 368 g/mol. The summed E-state index contributed by atoms with van der Waals surface area (Å²) in [5.41, 5.74) is 1.44. The van der Waals surface area contributed by atoms with E-state index >= 15 is 0 Å². The van der Waals surface area contributed by atoms with E-state index < -0.39 is 0 Å². The minimum absolute atomic E-state index is 0.0404. The molecule has 1 atom stereocenters. The summed E-state index contributed by atoms with van der Waals surface area (Å²) in [6.45, 7) is 4.72. The van der Waals surface area contributed by atoms with Crippen LogP contribution in [0.1, 0.15) is 30.7 Å². The molecule has 27 heavy (non-hydrogen) atoms. The van der Waals surface area contributed by atoms with Crippen LogP contribution in [0.4, 0.5) is 4.79 Å². The van der Waals surface area contributed by atoms with Crippen LogP contribution in [0.2, 0.25) is 0 Å². The largest absolute Gasteiger partial charge is 0.381 e. The zero-order valence-electron chi connectivity index (χ0n) is 15.8. The van der Waals surface area contributed by atoms with Gasteiger partial charge < -0.3 is 19.5 Å². The molecule has 1 N–H and O–H groups in total. The van der Waals surface area contributed by atoms with Crippen LogP contribution < -0.4 is 5.32 Å². The smallest absolute Gasteiger partial charge is 0.317 e. The molecular weight excluding hydrogens is 340 g/mol. The SMILES string of the molecule is O=C(NCCc1nccn1Cc1ccccc1)N1CCC2(CCCOC2)C1. The molecule has 2 fully saturated rings. The van der Waals surface area contributed by atoms with Crippen molar-refractivity contribution in [2.24, 2.45) is 5.41 Å². The summed E-state index contributed by atoms with van der Waals surface area (Å²) in [4.78, 5) is 18.9. The van der Waals surface area contributed by atoms with E-state index in [-0.39, 0.29) is 11.4 Å². The average Bonchev–Trinajstić information content (AvgIpc) is 3.31. The van der Waals surface area contributed by atoms with E-state index in [9.17, 15) is 4.79 Å². The lowest BCUT2D eigenvalue weighted by atomic mass is 9.82. The zero-order valence-corrected chi connectivity index (χ0v) is 15.8. The Kier molecular flexibility index (Phi) is 5.43.